The van der Waals surface area contributed by atoms with E-state index in [2.05, 4.69) is 0 Å². The van der Waals surface area contributed by atoms with Gasteiger partial charge in [-0.1, -0.05) is 109 Å². The van der Waals surface area contributed by atoms with Crippen molar-refractivity contribution in [1.29, 1.82) is 0 Å². The van der Waals surface area contributed by atoms with Crippen molar-refractivity contribution in [2.24, 2.45) is 0 Å². The smallest absolute Gasteiger partial charge is 0.302 e. The molecule has 0 spiro atoms. The number of benzene rings is 6. The Balaban J connectivity index is 1.40. The van der Waals surface area contributed by atoms with E-state index in [4.69, 9.17) is 13.6 Å². The van der Waals surface area contributed by atoms with Gasteiger partial charge in [-0.3, -0.25) is 13.7 Å². The molecule has 6 aromatic carbocycles. The lowest BCUT2D eigenvalue weighted by Gasteiger charge is -2.43. The maximum atomic E-state index is 16.2. The number of hydrogen-bond acceptors (Lipinski definition) is 6. The highest BCUT2D eigenvalue weighted by Crippen LogP contribution is 2.83. The summed E-state index contributed by atoms with van der Waals surface area (Å²) in [6, 6.07) is 43.5. The van der Waals surface area contributed by atoms with E-state index in [0.717, 1.165) is 16.7 Å². The highest BCUT2D eigenvalue weighted by Gasteiger charge is 2.67. The van der Waals surface area contributed by atoms with E-state index >= 15 is 13.7 Å². The average Bonchev–Trinajstić information content (AvgIpc) is 3.09. The maximum absolute atomic E-state index is 16.2. The van der Waals surface area contributed by atoms with Gasteiger partial charge in [0.1, 0.15) is 17.2 Å². The third-order valence-electron chi connectivity index (χ3n) is 8.87. The van der Waals surface area contributed by atoms with Crippen LogP contribution in [0.3, 0.4) is 0 Å². The third-order valence-corrected chi connectivity index (χ3v) is 20.8. The van der Waals surface area contributed by atoms with E-state index in [-0.39, 0.29) is 0 Å². The molecule has 3 aliphatic heterocycles. The fourth-order valence-electron chi connectivity index (χ4n) is 6.93. The summed E-state index contributed by atoms with van der Waals surface area (Å²) in [5.74, 6) is 1.05. The second-order valence-corrected chi connectivity index (χ2v) is 19.8. The van der Waals surface area contributed by atoms with Crippen molar-refractivity contribution in [1.82, 2.24) is 0 Å². The number of para-hydroxylation sites is 3. The molecular weight excluding hydrogens is 633 g/mol. The van der Waals surface area contributed by atoms with E-state index < -0.39 is 27.2 Å². The van der Waals surface area contributed by atoms with Gasteiger partial charge >= 0.3 is 22.1 Å². The van der Waals surface area contributed by atoms with Crippen LogP contribution in [0.15, 0.2) is 146 Å². The van der Waals surface area contributed by atoms with Crippen molar-refractivity contribution in [2.75, 3.05) is 0 Å². The summed E-state index contributed by atoms with van der Waals surface area (Å²) < 4.78 is 68.5. The Morgan fingerprint density at radius 1 is 0.326 bits per heavy atom. The summed E-state index contributed by atoms with van der Waals surface area (Å²) in [7, 11) is -13.3. The third kappa shape index (κ3) is 3.76. The molecule has 3 aliphatic rings. The molecule has 6 nitrogen and oxygen atoms in total. The van der Waals surface area contributed by atoms with Crippen LogP contribution in [-0.4, -0.2) is 5.14 Å². The molecule has 0 bridgehead atoms. The second kappa shape index (κ2) is 9.95. The topological polar surface area (TPSA) is 78.9 Å². The Labute approximate surface area is 266 Å². The van der Waals surface area contributed by atoms with Crippen LogP contribution >= 0.6 is 22.1 Å². The van der Waals surface area contributed by atoms with Gasteiger partial charge in [0.15, 0.2) is 0 Å². The van der Waals surface area contributed by atoms with E-state index in [0.29, 0.717) is 49.9 Å². The van der Waals surface area contributed by atoms with Gasteiger partial charge in [0.25, 0.3) is 0 Å². The molecule has 3 unspecified atom stereocenters. The average molecular weight is 659 g/mol. The minimum atomic E-state index is -4.42. The summed E-state index contributed by atoms with van der Waals surface area (Å²) in [5, 5.41) is -0.761. The standard InChI is InChI=1S/C37H25O6P3/c38-44(34-22-10-4-16-28(34)25-13-1-7-19-31(25)41-44)37(45(39)35-23-11-5-17-29(35)26-14-2-8-20-32(26)42-45)46(40)36-24-12-6-18-30(36)27-15-3-9-21-33(27)43-46/h1-24,37H. The molecule has 46 heavy (non-hydrogen) atoms. The van der Waals surface area contributed by atoms with Crippen molar-refractivity contribution < 1.29 is 27.3 Å². The van der Waals surface area contributed by atoms with Crippen molar-refractivity contribution in [3.63, 3.8) is 0 Å². The first-order valence-electron chi connectivity index (χ1n) is 14.9. The SMILES string of the molecule is O=P1(C(P2(=O)Oc3ccccc3-c3ccccc32)P2(=O)Oc3ccccc3-c3ccccc32)Oc2ccccc2-c2ccccc21. The molecule has 0 N–H and O–H groups in total. The van der Waals surface area contributed by atoms with E-state index in [1.165, 1.54) is 0 Å². The molecule has 0 amide bonds. The molecule has 3 atom stereocenters. The lowest BCUT2D eigenvalue weighted by Crippen LogP contribution is -2.36. The molecular formula is C37H25O6P3. The predicted molar refractivity (Wildman–Crippen MR) is 183 cm³/mol. The Kier molecular flexibility index (Phi) is 5.99. The zero-order valence-electron chi connectivity index (χ0n) is 24.2. The van der Waals surface area contributed by atoms with Gasteiger partial charge in [0.2, 0.25) is 5.14 Å². The van der Waals surface area contributed by atoms with Crippen LogP contribution < -0.4 is 29.5 Å². The maximum Gasteiger partial charge on any atom is 0.302 e. The molecule has 224 valence electrons. The van der Waals surface area contributed by atoms with Gasteiger partial charge < -0.3 is 13.6 Å². The van der Waals surface area contributed by atoms with Crippen molar-refractivity contribution >= 4 is 38.0 Å². The van der Waals surface area contributed by atoms with Crippen LogP contribution in [0, 0.1) is 0 Å². The molecule has 9 rings (SSSR count). The van der Waals surface area contributed by atoms with Gasteiger partial charge in [-0.2, -0.15) is 0 Å². The quantitative estimate of drug-likeness (QED) is 0.177. The first kappa shape index (κ1) is 27.7. The largest absolute Gasteiger partial charge is 0.438 e. The van der Waals surface area contributed by atoms with E-state index in [9.17, 15) is 0 Å². The zero-order valence-corrected chi connectivity index (χ0v) is 26.9. The molecule has 9 heteroatoms. The number of fused-ring (bicyclic) bond motifs is 9. The monoisotopic (exact) mass is 658 g/mol. The second-order valence-electron chi connectivity index (χ2n) is 11.5. The number of rotatable bonds is 3. The van der Waals surface area contributed by atoms with Crippen molar-refractivity contribution in [3.05, 3.63) is 146 Å². The normalized spacial score (nSPS) is 23.7. The van der Waals surface area contributed by atoms with Crippen molar-refractivity contribution in [2.45, 2.75) is 5.14 Å². The molecule has 0 saturated carbocycles. The molecule has 0 aliphatic carbocycles. The molecule has 0 saturated heterocycles. The van der Waals surface area contributed by atoms with Gasteiger partial charge in [-0.05, 0) is 53.1 Å². The van der Waals surface area contributed by atoms with E-state index in [1.54, 1.807) is 72.8 Å². The Hall–Kier alpha value is -4.59. The molecule has 0 aromatic heterocycles. The van der Waals surface area contributed by atoms with Crippen LogP contribution in [0.1, 0.15) is 0 Å². The molecule has 6 aromatic rings. The zero-order chi connectivity index (χ0) is 31.1. The van der Waals surface area contributed by atoms with Gasteiger partial charge in [0.05, 0.1) is 15.9 Å². The minimum Gasteiger partial charge on any atom is -0.438 e. The highest BCUT2D eigenvalue weighted by atomic mass is 31.3. The van der Waals surface area contributed by atoms with Crippen LogP contribution in [0.2, 0.25) is 0 Å². The summed E-state index contributed by atoms with van der Waals surface area (Å²) in [6.45, 7) is 0. The Morgan fingerprint density at radius 3 is 0.870 bits per heavy atom. The van der Waals surface area contributed by atoms with Gasteiger partial charge in [-0.15, -0.1) is 0 Å². The first-order chi connectivity index (χ1) is 22.4. The molecule has 0 radical (unpaired) electrons. The van der Waals surface area contributed by atoms with Crippen LogP contribution in [-0.2, 0) is 13.7 Å². The fraction of sp³-hybridized carbons (Fsp3) is 0.0270. The lowest BCUT2D eigenvalue weighted by atomic mass is 10.0. The van der Waals surface area contributed by atoms with Crippen LogP contribution in [0.25, 0.3) is 33.4 Å². The summed E-state index contributed by atoms with van der Waals surface area (Å²) in [6.07, 6.45) is 0. The Bertz CT molecular complexity index is 2120. The predicted octanol–water partition coefficient (Wildman–Crippen LogP) is 9.26. The van der Waals surface area contributed by atoms with E-state index in [1.807, 2.05) is 72.8 Å². The molecule has 3 heterocycles. The molecule has 0 fully saturated rings. The lowest BCUT2D eigenvalue weighted by molar-refractivity contribution is 0.459. The van der Waals surface area contributed by atoms with Crippen LogP contribution in [0.4, 0.5) is 0 Å². The van der Waals surface area contributed by atoms with Crippen LogP contribution in [0.5, 0.6) is 17.2 Å². The highest BCUT2D eigenvalue weighted by molar-refractivity contribution is 8.00. The minimum absolute atomic E-state index is 0.323. The summed E-state index contributed by atoms with van der Waals surface area (Å²) in [5.41, 5.74) is 4.20. The summed E-state index contributed by atoms with van der Waals surface area (Å²) >= 11 is 0. The fourth-order valence-corrected chi connectivity index (χ4v) is 20.0. The number of hydrogen-bond donors (Lipinski definition) is 0. The van der Waals surface area contributed by atoms with Gasteiger partial charge in [-0.25, -0.2) is 0 Å². The Morgan fingerprint density at radius 2 is 0.565 bits per heavy atom. The summed E-state index contributed by atoms with van der Waals surface area (Å²) in [4.78, 5) is 0. The van der Waals surface area contributed by atoms with Crippen molar-refractivity contribution in [3.8, 4) is 50.6 Å². The first-order valence-corrected chi connectivity index (χ1v) is 19.9. The van der Waals surface area contributed by atoms with Gasteiger partial charge in [0, 0.05) is 16.7 Å².